The van der Waals surface area contributed by atoms with Crippen molar-refractivity contribution in [2.24, 2.45) is 11.1 Å². The smallest absolute Gasteiger partial charge is 0.231 e. The minimum absolute atomic E-state index is 0.0457. The van der Waals surface area contributed by atoms with Crippen LogP contribution in [0.25, 0.3) is 5.69 Å². The first kappa shape index (κ1) is 13.1. The van der Waals surface area contributed by atoms with E-state index in [1.807, 2.05) is 6.07 Å². The van der Waals surface area contributed by atoms with Gasteiger partial charge in [-0.25, -0.2) is 4.68 Å². The lowest BCUT2D eigenvalue weighted by Gasteiger charge is -2.16. The fraction of sp³-hybridized carbons (Fsp3) is 0.286. The van der Waals surface area contributed by atoms with Crippen LogP contribution < -0.4 is 11.1 Å². The average Bonchev–Trinajstić information content (AvgIpc) is 3.07. The van der Waals surface area contributed by atoms with E-state index in [4.69, 9.17) is 17.3 Å². The van der Waals surface area contributed by atoms with Gasteiger partial charge in [0.1, 0.15) is 5.69 Å². The largest absolute Gasteiger partial charge is 0.329 e. The molecule has 0 bridgehead atoms. The standard InChI is InChI=1S/C14H15ClN4O/c15-10-3-1-4-11(12(10)19-8-2-7-17-19)18-13(20)14(9-16)5-6-14/h1-4,7-8H,5-6,9,16H2,(H,18,20). The van der Waals surface area contributed by atoms with Gasteiger partial charge >= 0.3 is 0 Å². The maximum Gasteiger partial charge on any atom is 0.231 e. The molecular formula is C14H15ClN4O. The Balaban J connectivity index is 1.94. The molecule has 6 heteroatoms. The van der Waals surface area contributed by atoms with Gasteiger partial charge in [0, 0.05) is 18.9 Å². The van der Waals surface area contributed by atoms with Crippen molar-refractivity contribution in [1.82, 2.24) is 9.78 Å². The average molecular weight is 291 g/mol. The fourth-order valence-corrected chi connectivity index (χ4v) is 2.44. The lowest BCUT2D eigenvalue weighted by Crippen LogP contribution is -2.31. The number of benzene rings is 1. The topological polar surface area (TPSA) is 72.9 Å². The molecule has 3 rings (SSSR count). The van der Waals surface area contributed by atoms with Crippen molar-refractivity contribution in [2.45, 2.75) is 12.8 Å². The van der Waals surface area contributed by atoms with Gasteiger partial charge in [0.25, 0.3) is 0 Å². The summed E-state index contributed by atoms with van der Waals surface area (Å²) in [7, 11) is 0. The van der Waals surface area contributed by atoms with Crippen molar-refractivity contribution in [2.75, 3.05) is 11.9 Å². The van der Waals surface area contributed by atoms with E-state index in [0.717, 1.165) is 12.8 Å². The number of nitrogens with two attached hydrogens (primary N) is 1. The Hall–Kier alpha value is -1.85. The van der Waals surface area contributed by atoms with E-state index in [9.17, 15) is 4.79 Å². The van der Waals surface area contributed by atoms with Crippen molar-refractivity contribution in [3.05, 3.63) is 41.7 Å². The molecule has 1 aromatic carbocycles. The van der Waals surface area contributed by atoms with Gasteiger partial charge in [-0.2, -0.15) is 5.10 Å². The molecule has 20 heavy (non-hydrogen) atoms. The summed E-state index contributed by atoms with van der Waals surface area (Å²) in [5, 5.41) is 7.63. The Bertz CT molecular complexity index is 635. The highest BCUT2D eigenvalue weighted by Gasteiger charge is 2.48. The van der Waals surface area contributed by atoms with Crippen molar-refractivity contribution >= 4 is 23.2 Å². The second-order valence-electron chi connectivity index (χ2n) is 5.03. The third-order valence-corrected chi connectivity index (χ3v) is 4.00. The molecule has 1 aliphatic carbocycles. The van der Waals surface area contributed by atoms with Crippen LogP contribution in [-0.4, -0.2) is 22.2 Å². The van der Waals surface area contributed by atoms with E-state index in [1.165, 1.54) is 0 Å². The zero-order chi connectivity index (χ0) is 14.2. The molecule has 3 N–H and O–H groups in total. The van der Waals surface area contributed by atoms with E-state index in [-0.39, 0.29) is 5.91 Å². The predicted molar refractivity (Wildman–Crippen MR) is 77.9 cm³/mol. The van der Waals surface area contributed by atoms with Crippen LogP contribution in [0.1, 0.15) is 12.8 Å². The summed E-state index contributed by atoms with van der Waals surface area (Å²) in [6.07, 6.45) is 5.13. The van der Waals surface area contributed by atoms with Crippen molar-refractivity contribution in [1.29, 1.82) is 0 Å². The summed E-state index contributed by atoms with van der Waals surface area (Å²) in [5.41, 5.74) is 6.59. The second kappa shape index (κ2) is 4.92. The first-order valence-electron chi connectivity index (χ1n) is 6.46. The van der Waals surface area contributed by atoms with Gasteiger partial charge in [-0.3, -0.25) is 4.79 Å². The van der Waals surface area contributed by atoms with Crippen LogP contribution >= 0.6 is 11.6 Å². The summed E-state index contributed by atoms with van der Waals surface area (Å²) >= 11 is 6.23. The third-order valence-electron chi connectivity index (χ3n) is 3.69. The molecule has 0 atom stereocenters. The number of amides is 1. The highest BCUT2D eigenvalue weighted by molar-refractivity contribution is 6.33. The van der Waals surface area contributed by atoms with Crippen LogP contribution in [0.2, 0.25) is 5.02 Å². The monoisotopic (exact) mass is 290 g/mol. The molecule has 5 nitrogen and oxygen atoms in total. The van der Waals surface area contributed by atoms with Gasteiger partial charge in [0.2, 0.25) is 5.91 Å². The molecule has 1 saturated carbocycles. The van der Waals surface area contributed by atoms with E-state index >= 15 is 0 Å². The number of anilines is 1. The quantitative estimate of drug-likeness (QED) is 0.907. The maximum atomic E-state index is 12.3. The van der Waals surface area contributed by atoms with Crippen LogP contribution in [0.4, 0.5) is 5.69 Å². The summed E-state index contributed by atoms with van der Waals surface area (Å²) < 4.78 is 1.64. The van der Waals surface area contributed by atoms with Crippen LogP contribution in [-0.2, 0) is 4.79 Å². The van der Waals surface area contributed by atoms with Gasteiger partial charge < -0.3 is 11.1 Å². The Kier molecular flexibility index (Phi) is 3.23. The summed E-state index contributed by atoms with van der Waals surface area (Å²) in [4.78, 5) is 12.3. The first-order valence-corrected chi connectivity index (χ1v) is 6.84. The number of nitrogens with zero attached hydrogens (tertiary/aromatic N) is 2. The molecule has 0 aliphatic heterocycles. The number of aromatic nitrogens is 2. The van der Waals surface area contributed by atoms with Crippen LogP contribution in [0.3, 0.4) is 0 Å². The Morgan fingerprint density at radius 2 is 2.25 bits per heavy atom. The maximum absolute atomic E-state index is 12.3. The molecule has 0 radical (unpaired) electrons. The highest BCUT2D eigenvalue weighted by atomic mass is 35.5. The first-order chi connectivity index (χ1) is 9.66. The van der Waals surface area contributed by atoms with Crippen LogP contribution in [0, 0.1) is 5.41 Å². The van der Waals surface area contributed by atoms with Crippen molar-refractivity contribution < 1.29 is 4.79 Å². The van der Waals surface area contributed by atoms with Crippen molar-refractivity contribution in [3.8, 4) is 5.69 Å². The molecule has 104 valence electrons. The summed E-state index contributed by atoms with van der Waals surface area (Å²) in [6.45, 7) is 0.372. The van der Waals surface area contributed by atoms with E-state index in [0.29, 0.717) is 22.9 Å². The van der Waals surface area contributed by atoms with Gasteiger partial charge in [0.05, 0.1) is 16.1 Å². The number of hydrogen-bond donors (Lipinski definition) is 2. The summed E-state index contributed by atoms with van der Waals surface area (Å²) in [6, 6.07) is 7.18. The third kappa shape index (κ3) is 2.19. The van der Waals surface area contributed by atoms with E-state index < -0.39 is 5.41 Å². The number of carbonyl (C=O) groups is 1. The van der Waals surface area contributed by atoms with Gasteiger partial charge in [0.15, 0.2) is 0 Å². The molecule has 0 saturated heterocycles. The molecule has 2 aromatic rings. The Labute approximate surface area is 121 Å². The molecule has 1 heterocycles. The van der Waals surface area contributed by atoms with E-state index in [1.54, 1.807) is 35.3 Å². The Morgan fingerprint density at radius 1 is 1.45 bits per heavy atom. The van der Waals surface area contributed by atoms with Crippen molar-refractivity contribution in [3.63, 3.8) is 0 Å². The van der Waals surface area contributed by atoms with Crippen LogP contribution in [0.5, 0.6) is 0 Å². The molecule has 1 fully saturated rings. The lowest BCUT2D eigenvalue weighted by atomic mass is 10.1. The van der Waals surface area contributed by atoms with Gasteiger partial charge in [-0.1, -0.05) is 17.7 Å². The number of rotatable bonds is 4. The fourth-order valence-electron chi connectivity index (χ4n) is 2.18. The number of hydrogen-bond acceptors (Lipinski definition) is 3. The normalized spacial score (nSPS) is 15.9. The predicted octanol–water partition coefficient (Wildman–Crippen LogP) is 2.20. The minimum Gasteiger partial charge on any atom is -0.329 e. The second-order valence-corrected chi connectivity index (χ2v) is 5.43. The molecule has 1 aliphatic rings. The van der Waals surface area contributed by atoms with Gasteiger partial charge in [-0.05, 0) is 31.0 Å². The number of nitrogens with one attached hydrogen (secondary N) is 1. The Morgan fingerprint density at radius 3 is 2.85 bits per heavy atom. The zero-order valence-electron chi connectivity index (χ0n) is 10.8. The zero-order valence-corrected chi connectivity index (χ0v) is 11.6. The number of para-hydroxylation sites is 1. The molecular weight excluding hydrogens is 276 g/mol. The van der Waals surface area contributed by atoms with E-state index in [2.05, 4.69) is 10.4 Å². The molecule has 1 aromatic heterocycles. The minimum atomic E-state index is -0.399. The highest BCUT2D eigenvalue weighted by Crippen LogP contribution is 2.45. The van der Waals surface area contributed by atoms with Crippen LogP contribution in [0.15, 0.2) is 36.7 Å². The molecule has 0 spiro atoms. The summed E-state index contributed by atoms with van der Waals surface area (Å²) in [5.74, 6) is -0.0457. The molecule has 1 amide bonds. The lowest BCUT2D eigenvalue weighted by molar-refractivity contribution is -0.120. The number of carbonyl (C=O) groups excluding carboxylic acids is 1. The molecule has 0 unspecified atom stereocenters. The number of halogens is 1. The SMILES string of the molecule is NCC1(C(=O)Nc2cccc(Cl)c2-n2cccn2)CC1. The van der Waals surface area contributed by atoms with Gasteiger partial charge in [-0.15, -0.1) is 0 Å².